The molecule has 4 aliphatic carbocycles. The van der Waals surface area contributed by atoms with Crippen LogP contribution in [0.1, 0.15) is 137 Å². The Hall–Kier alpha value is -7.22. The van der Waals surface area contributed by atoms with Crippen LogP contribution in [0.2, 0.25) is 0 Å². The zero-order valence-corrected chi connectivity index (χ0v) is 40.4. The number of rotatable bonds is 13. The minimum atomic E-state index is -1.05. The van der Waals surface area contributed by atoms with E-state index in [-0.39, 0.29) is 48.1 Å². The van der Waals surface area contributed by atoms with Crippen LogP contribution in [0.15, 0.2) is 122 Å². The number of benzene rings is 4. The second kappa shape index (κ2) is 19.4. The van der Waals surface area contributed by atoms with Crippen LogP contribution in [-0.2, 0) is 14.3 Å². The van der Waals surface area contributed by atoms with E-state index in [2.05, 4.69) is 63.8 Å². The maximum absolute atomic E-state index is 14.9. The van der Waals surface area contributed by atoms with Gasteiger partial charge in [0.25, 0.3) is 11.8 Å². The van der Waals surface area contributed by atoms with E-state index in [9.17, 15) is 24.3 Å². The number of nitrogens with zero attached hydrogens (tertiary/aromatic N) is 5. The molecular formula is C58H62N8O6. The predicted molar refractivity (Wildman–Crippen MR) is 271 cm³/mol. The van der Waals surface area contributed by atoms with Crippen molar-refractivity contribution in [3.63, 3.8) is 0 Å². The van der Waals surface area contributed by atoms with E-state index in [0.717, 1.165) is 141 Å². The highest BCUT2D eigenvalue weighted by Gasteiger charge is 2.58. The monoisotopic (exact) mass is 966 g/mol. The lowest BCUT2D eigenvalue weighted by molar-refractivity contribution is -0.140. The normalized spacial score (nSPS) is 24.4. The Morgan fingerprint density at radius 2 is 1.19 bits per heavy atom. The zero-order valence-electron chi connectivity index (χ0n) is 40.4. The molecule has 0 radical (unpaired) electrons. The molecule has 4 heterocycles. The van der Waals surface area contributed by atoms with Crippen molar-refractivity contribution in [2.24, 2.45) is 11.8 Å². The van der Waals surface area contributed by atoms with Crippen LogP contribution < -0.4 is 5.32 Å². The molecule has 72 heavy (non-hydrogen) atoms. The molecule has 14 heteroatoms. The number of imidazole rings is 2. The number of hydrogen-bond acceptors (Lipinski definition) is 7. The SMILES string of the molecule is O=C(N[C@@H](C(=O)N1[C@@H]2C[C@@H]2C[C@H]1c1ncc(-c2ccc(-c3ccc(-c4c[nH]c([C@@H]5C[C@H]6C[C@H]6N5C(=O)[C@@H](c5ccccc5)N(C(=O)O)C5CCCCC5)n4)cc3)cc2)[nH]1)c1ccccc1)OC1CCCCC1. The summed E-state index contributed by atoms with van der Waals surface area (Å²) in [5, 5.41) is 13.6. The average Bonchev–Trinajstić information content (AvgIpc) is 3.99. The number of likely N-dealkylation sites (tertiary alicyclic amines) is 2. The Morgan fingerprint density at radius 1 is 0.639 bits per heavy atom. The summed E-state index contributed by atoms with van der Waals surface area (Å²) in [7, 11) is 0. The number of alkyl carbamates (subject to hydrolysis) is 1. The topological polar surface area (TPSA) is 177 Å². The summed E-state index contributed by atoms with van der Waals surface area (Å²) < 4.78 is 5.82. The van der Waals surface area contributed by atoms with Crippen molar-refractivity contribution in [2.75, 3.05) is 0 Å². The zero-order chi connectivity index (χ0) is 48.9. The molecule has 14 nitrogen and oxygen atoms in total. The van der Waals surface area contributed by atoms with Crippen LogP contribution in [0.25, 0.3) is 33.6 Å². The van der Waals surface area contributed by atoms with Gasteiger partial charge in [0.2, 0.25) is 0 Å². The molecule has 4 amide bonds. The molecular weight excluding hydrogens is 905 g/mol. The first-order chi connectivity index (χ1) is 35.3. The van der Waals surface area contributed by atoms with Gasteiger partial charge in [0.15, 0.2) is 0 Å². The minimum Gasteiger partial charge on any atom is -0.465 e. The minimum absolute atomic E-state index is 0.0791. The number of amides is 4. The Bertz CT molecular complexity index is 2910. The third kappa shape index (κ3) is 9.04. The van der Waals surface area contributed by atoms with Crippen molar-refractivity contribution >= 4 is 24.0 Å². The van der Waals surface area contributed by atoms with Gasteiger partial charge < -0.3 is 34.9 Å². The maximum atomic E-state index is 14.9. The molecule has 0 spiro atoms. The van der Waals surface area contributed by atoms with Crippen LogP contribution in [0, 0.1) is 11.8 Å². The quantitative estimate of drug-likeness (QED) is 0.0884. The second-order valence-electron chi connectivity index (χ2n) is 21.1. The Labute approximate surface area is 419 Å². The smallest absolute Gasteiger partial charge is 0.408 e. The van der Waals surface area contributed by atoms with Gasteiger partial charge in [-0.25, -0.2) is 19.6 Å². The van der Waals surface area contributed by atoms with Gasteiger partial charge in [0, 0.05) is 29.9 Å². The summed E-state index contributed by atoms with van der Waals surface area (Å²) in [6.07, 6.45) is 15.0. The molecule has 6 fully saturated rings. The van der Waals surface area contributed by atoms with Gasteiger partial charge in [-0.05, 0) is 104 Å². The first-order valence-electron chi connectivity index (χ1n) is 26.3. The van der Waals surface area contributed by atoms with Gasteiger partial charge >= 0.3 is 12.2 Å². The van der Waals surface area contributed by atoms with E-state index in [4.69, 9.17) is 14.7 Å². The first-order valence-corrected chi connectivity index (χ1v) is 26.3. The van der Waals surface area contributed by atoms with Crippen molar-refractivity contribution in [2.45, 2.75) is 138 Å². The largest absolute Gasteiger partial charge is 0.465 e. The molecule has 370 valence electrons. The summed E-state index contributed by atoms with van der Waals surface area (Å²) in [5.74, 6) is 1.94. The van der Waals surface area contributed by atoms with Gasteiger partial charge in [0.05, 0.1) is 29.7 Å². The third-order valence-corrected chi connectivity index (χ3v) is 16.5. The number of carbonyl (C=O) groups excluding carboxylic acids is 3. The van der Waals surface area contributed by atoms with Crippen LogP contribution in [0.5, 0.6) is 0 Å². The highest BCUT2D eigenvalue weighted by molar-refractivity contribution is 5.89. The number of aromatic nitrogens is 4. The summed E-state index contributed by atoms with van der Waals surface area (Å²) in [5.41, 5.74) is 7.11. The highest BCUT2D eigenvalue weighted by Crippen LogP contribution is 2.55. The molecule has 0 bridgehead atoms. The van der Waals surface area contributed by atoms with E-state index in [1.165, 1.54) is 4.90 Å². The number of nitrogens with one attached hydrogen (secondary N) is 3. The fourth-order valence-corrected chi connectivity index (χ4v) is 12.6. The van der Waals surface area contributed by atoms with Crippen molar-refractivity contribution in [1.29, 1.82) is 0 Å². The van der Waals surface area contributed by atoms with Crippen molar-refractivity contribution in [1.82, 2.24) is 40.0 Å². The molecule has 0 unspecified atom stereocenters. The molecule has 6 aliphatic rings. The van der Waals surface area contributed by atoms with E-state index in [1.807, 2.05) is 82.9 Å². The van der Waals surface area contributed by atoms with Gasteiger partial charge in [-0.1, -0.05) is 135 Å². The molecule has 2 aromatic heterocycles. The molecule has 4 N–H and O–H groups in total. The molecule has 4 aromatic carbocycles. The average molecular weight is 967 g/mol. The lowest BCUT2D eigenvalue weighted by atomic mass is 9.91. The van der Waals surface area contributed by atoms with Crippen molar-refractivity contribution in [3.05, 3.63) is 144 Å². The number of fused-ring (bicyclic) bond motifs is 2. The molecule has 4 saturated carbocycles. The summed E-state index contributed by atoms with van der Waals surface area (Å²) in [6.45, 7) is 0. The molecule has 12 rings (SSSR count). The number of carbonyl (C=O) groups is 4. The molecule has 8 atom stereocenters. The summed E-state index contributed by atoms with van der Waals surface area (Å²) in [4.78, 5) is 78.0. The van der Waals surface area contributed by atoms with E-state index in [0.29, 0.717) is 17.4 Å². The predicted octanol–water partition coefficient (Wildman–Crippen LogP) is 11.3. The number of aromatic amines is 2. The van der Waals surface area contributed by atoms with Gasteiger partial charge in [-0.3, -0.25) is 14.5 Å². The molecule has 2 saturated heterocycles. The maximum Gasteiger partial charge on any atom is 0.408 e. The fourth-order valence-electron chi connectivity index (χ4n) is 12.6. The first kappa shape index (κ1) is 45.9. The van der Waals surface area contributed by atoms with Gasteiger partial charge in [-0.2, -0.15) is 0 Å². The van der Waals surface area contributed by atoms with Gasteiger partial charge in [-0.15, -0.1) is 0 Å². The van der Waals surface area contributed by atoms with Crippen molar-refractivity contribution < 1.29 is 29.0 Å². The van der Waals surface area contributed by atoms with E-state index in [1.54, 1.807) is 0 Å². The number of carboxylic acid groups (broad SMARTS) is 1. The third-order valence-electron chi connectivity index (χ3n) is 16.5. The van der Waals surface area contributed by atoms with Gasteiger partial charge in [0.1, 0.15) is 29.8 Å². The summed E-state index contributed by atoms with van der Waals surface area (Å²) >= 11 is 0. The van der Waals surface area contributed by atoms with Crippen LogP contribution >= 0.6 is 0 Å². The van der Waals surface area contributed by atoms with Crippen LogP contribution in [0.4, 0.5) is 9.59 Å². The van der Waals surface area contributed by atoms with E-state index < -0.39 is 24.3 Å². The highest BCUT2D eigenvalue weighted by atomic mass is 16.6. The number of H-pyrrole nitrogens is 2. The van der Waals surface area contributed by atoms with Crippen molar-refractivity contribution in [3.8, 4) is 33.6 Å². The van der Waals surface area contributed by atoms with E-state index >= 15 is 0 Å². The Kier molecular flexibility index (Phi) is 12.4. The molecule has 2 aliphatic heterocycles. The van der Waals surface area contributed by atoms with Crippen LogP contribution in [0.3, 0.4) is 0 Å². The number of hydrogen-bond donors (Lipinski definition) is 4. The second-order valence-corrected chi connectivity index (χ2v) is 21.1. The van der Waals surface area contributed by atoms with Crippen LogP contribution in [-0.4, -0.2) is 88.0 Å². The Morgan fingerprint density at radius 3 is 1.82 bits per heavy atom. The lowest BCUT2D eigenvalue weighted by Gasteiger charge is -2.40. The molecule has 6 aromatic rings. The lowest BCUT2D eigenvalue weighted by Crippen LogP contribution is -2.50. The fraction of sp³-hybridized carbons (Fsp3) is 0.414. The number of ether oxygens (including phenoxy) is 1. The Balaban J connectivity index is 0.721. The number of piperidine rings is 2. The summed E-state index contributed by atoms with van der Waals surface area (Å²) in [6, 6.07) is 33.2. The standard InChI is InChI=1S/C58H62N8O6/c67-55(51(39-13-5-1-6-14-39)63-57(69)72-44-19-11-4-12-20-44)65-47-29-41(47)31-49(65)53-59-33-45(61-53)37-25-21-35(22-26-37)36-23-27-38(28-24-36)46-34-60-54(62-46)50-32-42-30-48(42)66(50)56(68)52(40-15-7-2-8-16-40)64(58(70)71)43-17-9-3-10-18-43/h1-2,5-8,13-16,21-28,33-34,41-44,47-52H,3-4,9-12,17-20,29-32H2,(H,59,61)(H,60,62)(H,63,69)(H,70,71)/t41-,42-,47-,48-,49+,50+,51-,52-/m1/s1.